The molecule has 4 heteroatoms. The Bertz CT molecular complexity index is 305. The summed E-state index contributed by atoms with van der Waals surface area (Å²) in [5.74, 6) is 1.59. The third kappa shape index (κ3) is 2.37. The Balaban J connectivity index is 2.02. The van der Waals surface area contributed by atoms with Crippen LogP contribution >= 0.6 is 0 Å². The van der Waals surface area contributed by atoms with Gasteiger partial charge in [-0.05, 0) is 32.9 Å². The third-order valence-electron chi connectivity index (χ3n) is 3.10. The fourth-order valence-corrected chi connectivity index (χ4v) is 2.04. The Morgan fingerprint density at radius 1 is 1.33 bits per heavy atom. The summed E-state index contributed by atoms with van der Waals surface area (Å²) >= 11 is 0. The molecular weight excluding hydrogens is 190 g/mol. The maximum Gasteiger partial charge on any atom is 0.243 e. The van der Waals surface area contributed by atoms with E-state index in [1.807, 2.05) is 6.92 Å². The van der Waals surface area contributed by atoms with E-state index in [9.17, 15) is 0 Å². The van der Waals surface area contributed by atoms with Gasteiger partial charge >= 0.3 is 0 Å². The molecule has 1 aromatic heterocycles. The minimum absolute atomic E-state index is 0.276. The second-order valence-electron chi connectivity index (χ2n) is 4.17. The van der Waals surface area contributed by atoms with Crippen molar-refractivity contribution in [3.63, 3.8) is 0 Å². The fraction of sp³-hybridized carbons (Fsp3) is 0.818. The summed E-state index contributed by atoms with van der Waals surface area (Å²) in [5.41, 5.74) is 0. The Labute approximate surface area is 90.7 Å². The van der Waals surface area contributed by atoms with Crippen LogP contribution in [-0.4, -0.2) is 28.1 Å². The van der Waals surface area contributed by atoms with E-state index in [0.717, 1.165) is 31.2 Å². The first-order valence-electron chi connectivity index (χ1n) is 5.87. The summed E-state index contributed by atoms with van der Waals surface area (Å²) in [6, 6.07) is 0.276. The van der Waals surface area contributed by atoms with Crippen molar-refractivity contribution in [2.75, 3.05) is 13.1 Å². The molecule has 1 saturated heterocycles. The van der Waals surface area contributed by atoms with Crippen LogP contribution in [-0.2, 0) is 6.42 Å². The third-order valence-corrected chi connectivity index (χ3v) is 3.10. The highest BCUT2D eigenvalue weighted by Gasteiger charge is 2.22. The van der Waals surface area contributed by atoms with E-state index in [-0.39, 0.29) is 6.04 Å². The smallest absolute Gasteiger partial charge is 0.243 e. The lowest BCUT2D eigenvalue weighted by atomic mass is 10.1. The highest BCUT2D eigenvalue weighted by atomic mass is 16.5. The summed E-state index contributed by atoms with van der Waals surface area (Å²) in [6.45, 7) is 6.51. The highest BCUT2D eigenvalue weighted by molar-refractivity contribution is 4.92. The monoisotopic (exact) mass is 209 g/mol. The minimum atomic E-state index is 0.276. The predicted molar refractivity (Wildman–Crippen MR) is 57.5 cm³/mol. The van der Waals surface area contributed by atoms with E-state index < -0.39 is 0 Å². The molecule has 0 saturated carbocycles. The lowest BCUT2D eigenvalue weighted by Crippen LogP contribution is -2.32. The number of piperidine rings is 1. The molecule has 1 atom stereocenters. The molecule has 1 aromatic rings. The molecule has 0 spiro atoms. The molecule has 0 unspecified atom stereocenters. The zero-order valence-corrected chi connectivity index (χ0v) is 9.57. The van der Waals surface area contributed by atoms with Gasteiger partial charge in [-0.2, -0.15) is 4.98 Å². The number of rotatable bonds is 3. The first-order chi connectivity index (χ1) is 7.31. The van der Waals surface area contributed by atoms with Gasteiger partial charge < -0.3 is 4.52 Å². The number of aryl methyl sites for hydroxylation is 1. The number of nitrogens with zero attached hydrogens (tertiary/aromatic N) is 3. The van der Waals surface area contributed by atoms with Gasteiger partial charge in [-0.25, -0.2) is 0 Å². The van der Waals surface area contributed by atoms with Gasteiger partial charge in [0.05, 0.1) is 6.04 Å². The first-order valence-corrected chi connectivity index (χ1v) is 5.87. The van der Waals surface area contributed by atoms with Crippen LogP contribution in [0.25, 0.3) is 0 Å². The van der Waals surface area contributed by atoms with Gasteiger partial charge in [-0.15, -0.1) is 0 Å². The molecule has 0 aromatic carbocycles. The van der Waals surface area contributed by atoms with E-state index in [4.69, 9.17) is 4.52 Å². The van der Waals surface area contributed by atoms with Crippen molar-refractivity contribution in [3.8, 4) is 0 Å². The van der Waals surface area contributed by atoms with E-state index >= 15 is 0 Å². The van der Waals surface area contributed by atoms with Gasteiger partial charge in [0.1, 0.15) is 0 Å². The van der Waals surface area contributed by atoms with Crippen LogP contribution in [0.4, 0.5) is 0 Å². The molecule has 2 heterocycles. The molecule has 15 heavy (non-hydrogen) atoms. The number of aromatic nitrogens is 2. The zero-order valence-electron chi connectivity index (χ0n) is 9.57. The van der Waals surface area contributed by atoms with Gasteiger partial charge in [0.2, 0.25) is 5.89 Å². The molecule has 84 valence electrons. The number of hydrogen-bond donors (Lipinski definition) is 0. The molecule has 0 N–H and O–H groups in total. The summed E-state index contributed by atoms with van der Waals surface area (Å²) in [6.07, 6.45) is 4.78. The van der Waals surface area contributed by atoms with Crippen LogP contribution in [0.2, 0.25) is 0 Å². The van der Waals surface area contributed by atoms with Crippen molar-refractivity contribution in [3.05, 3.63) is 11.7 Å². The molecule has 1 fully saturated rings. The molecule has 0 aliphatic carbocycles. The van der Waals surface area contributed by atoms with Crippen molar-refractivity contribution in [1.29, 1.82) is 0 Å². The highest BCUT2D eigenvalue weighted by Crippen LogP contribution is 2.22. The average molecular weight is 209 g/mol. The predicted octanol–water partition coefficient (Wildman–Crippen LogP) is 2.18. The molecule has 0 amide bonds. The van der Waals surface area contributed by atoms with Gasteiger partial charge in [0.25, 0.3) is 0 Å². The van der Waals surface area contributed by atoms with Gasteiger partial charge in [0.15, 0.2) is 5.82 Å². The first kappa shape index (κ1) is 10.6. The Kier molecular flexibility index (Phi) is 3.36. The van der Waals surface area contributed by atoms with Crippen molar-refractivity contribution in [1.82, 2.24) is 15.0 Å². The second kappa shape index (κ2) is 4.75. The van der Waals surface area contributed by atoms with Gasteiger partial charge in [-0.1, -0.05) is 18.5 Å². The maximum atomic E-state index is 5.27. The molecule has 0 bridgehead atoms. The summed E-state index contributed by atoms with van der Waals surface area (Å²) in [5, 5.41) is 3.94. The summed E-state index contributed by atoms with van der Waals surface area (Å²) < 4.78 is 5.27. The van der Waals surface area contributed by atoms with Crippen molar-refractivity contribution < 1.29 is 4.52 Å². The summed E-state index contributed by atoms with van der Waals surface area (Å²) in [4.78, 5) is 6.81. The number of hydrogen-bond acceptors (Lipinski definition) is 4. The zero-order chi connectivity index (χ0) is 10.7. The van der Waals surface area contributed by atoms with E-state index in [0.29, 0.717) is 0 Å². The molecule has 1 aliphatic rings. The Morgan fingerprint density at radius 3 is 2.67 bits per heavy atom. The standard InChI is InChI=1S/C11H19N3O/c1-3-10-12-11(15-13-10)9(2)14-7-5-4-6-8-14/h9H,3-8H2,1-2H3/t9-/m0/s1. The largest absolute Gasteiger partial charge is 0.338 e. The Hall–Kier alpha value is -0.900. The Morgan fingerprint density at radius 2 is 2.07 bits per heavy atom. The van der Waals surface area contributed by atoms with Crippen LogP contribution < -0.4 is 0 Å². The second-order valence-corrected chi connectivity index (χ2v) is 4.17. The minimum Gasteiger partial charge on any atom is -0.338 e. The van der Waals surface area contributed by atoms with Crippen molar-refractivity contribution in [2.24, 2.45) is 0 Å². The normalized spacial score (nSPS) is 20.4. The van der Waals surface area contributed by atoms with Crippen LogP contribution in [0.15, 0.2) is 4.52 Å². The van der Waals surface area contributed by atoms with E-state index in [1.165, 1.54) is 19.3 Å². The molecule has 2 rings (SSSR count). The SMILES string of the molecule is CCc1noc([C@H](C)N2CCCCC2)n1. The fourth-order valence-electron chi connectivity index (χ4n) is 2.04. The lowest BCUT2D eigenvalue weighted by molar-refractivity contribution is 0.146. The van der Waals surface area contributed by atoms with Crippen molar-refractivity contribution in [2.45, 2.75) is 45.6 Å². The van der Waals surface area contributed by atoms with Crippen LogP contribution in [0.5, 0.6) is 0 Å². The van der Waals surface area contributed by atoms with Crippen LogP contribution in [0, 0.1) is 0 Å². The average Bonchev–Trinajstić information content (AvgIpc) is 2.78. The molecule has 4 nitrogen and oxygen atoms in total. The van der Waals surface area contributed by atoms with Crippen molar-refractivity contribution >= 4 is 0 Å². The quantitative estimate of drug-likeness (QED) is 0.765. The van der Waals surface area contributed by atoms with Crippen LogP contribution in [0.3, 0.4) is 0 Å². The summed E-state index contributed by atoms with van der Waals surface area (Å²) in [7, 11) is 0. The number of likely N-dealkylation sites (tertiary alicyclic amines) is 1. The topological polar surface area (TPSA) is 42.2 Å². The van der Waals surface area contributed by atoms with Gasteiger partial charge in [0, 0.05) is 6.42 Å². The van der Waals surface area contributed by atoms with E-state index in [1.54, 1.807) is 0 Å². The van der Waals surface area contributed by atoms with Crippen LogP contribution in [0.1, 0.15) is 50.9 Å². The van der Waals surface area contributed by atoms with E-state index in [2.05, 4.69) is 22.0 Å². The molecular formula is C11H19N3O. The lowest BCUT2D eigenvalue weighted by Gasteiger charge is -2.29. The molecule has 0 radical (unpaired) electrons. The van der Waals surface area contributed by atoms with Gasteiger partial charge in [-0.3, -0.25) is 4.90 Å². The maximum absolute atomic E-state index is 5.27. The molecule has 1 aliphatic heterocycles.